The average molecular weight is 299 g/mol. The molecule has 0 amide bonds. The summed E-state index contributed by atoms with van der Waals surface area (Å²) >= 11 is 3.56. The maximum Gasteiger partial charge on any atom is 0.233 e. The lowest BCUT2D eigenvalue weighted by molar-refractivity contribution is 1.28. The quantitative estimate of drug-likeness (QED) is 0.601. The van der Waals surface area contributed by atoms with Crippen molar-refractivity contribution in [2.24, 2.45) is 0 Å². The van der Waals surface area contributed by atoms with Gasteiger partial charge in [-0.05, 0) is 6.92 Å². The molecule has 0 N–H and O–H groups in total. The van der Waals surface area contributed by atoms with Gasteiger partial charge in [-0.1, -0.05) is 93.6 Å². The summed E-state index contributed by atoms with van der Waals surface area (Å²) in [6.07, 6.45) is 2.20. The Morgan fingerprint density at radius 3 is 1.72 bits per heavy atom. The maximum absolute atomic E-state index is 3.56. The molecule has 1 atom stereocenters. The summed E-state index contributed by atoms with van der Waals surface area (Å²) in [4.78, 5) is 0.396. The fourth-order valence-corrected chi connectivity index (χ4v) is 2.18. The largest absolute Gasteiger partial charge is 0.233 e. The summed E-state index contributed by atoms with van der Waals surface area (Å²) in [7, 11) is 0. The van der Waals surface area contributed by atoms with Gasteiger partial charge in [0.2, 0.25) is 6.71 Å². The summed E-state index contributed by atoms with van der Waals surface area (Å²) in [5, 5.41) is 0. The van der Waals surface area contributed by atoms with Gasteiger partial charge in [-0.25, -0.2) is 0 Å². The Balaban J connectivity index is 2.35. The first-order valence-corrected chi connectivity index (χ1v) is 7.11. The van der Waals surface area contributed by atoms with Crippen molar-refractivity contribution in [3.8, 4) is 0 Å². The molecule has 18 heavy (non-hydrogen) atoms. The normalized spacial score (nSPS) is 12.6. The summed E-state index contributed by atoms with van der Waals surface area (Å²) < 4.78 is 0. The first-order valence-electron chi connectivity index (χ1n) is 6.19. The van der Waals surface area contributed by atoms with Gasteiger partial charge in [-0.3, -0.25) is 0 Å². The maximum atomic E-state index is 3.56. The van der Waals surface area contributed by atoms with Crippen LogP contribution in [0.4, 0.5) is 0 Å². The molecule has 0 aliphatic heterocycles. The zero-order valence-electron chi connectivity index (χ0n) is 10.5. The Morgan fingerprint density at radius 2 is 1.33 bits per heavy atom. The van der Waals surface area contributed by atoms with Crippen molar-refractivity contribution >= 4 is 33.6 Å². The van der Waals surface area contributed by atoms with E-state index in [4.69, 9.17) is 0 Å². The predicted molar refractivity (Wildman–Crippen MR) is 85.4 cm³/mol. The van der Waals surface area contributed by atoms with Crippen LogP contribution < -0.4 is 10.9 Å². The average Bonchev–Trinajstić information content (AvgIpc) is 2.41. The molecule has 0 bridgehead atoms. The van der Waals surface area contributed by atoms with Crippen molar-refractivity contribution in [1.82, 2.24) is 0 Å². The molecule has 0 nitrogen and oxygen atoms in total. The second-order valence-corrected chi connectivity index (χ2v) is 5.81. The minimum atomic E-state index is 0.326. The van der Waals surface area contributed by atoms with Crippen molar-refractivity contribution in [2.45, 2.75) is 11.8 Å². The lowest BCUT2D eigenvalue weighted by Gasteiger charge is -2.10. The first kappa shape index (κ1) is 13.2. The molecule has 2 heteroatoms. The minimum absolute atomic E-state index is 0.326. The van der Waals surface area contributed by atoms with Gasteiger partial charge in [0, 0.05) is 4.83 Å². The molecule has 0 aromatic heterocycles. The standard InChI is InChI=1S/C16H16BBr/c1-14(18)12-13-17(15-8-4-2-5-9-15)16-10-6-3-7-11-16/h2-14H,1H3. The van der Waals surface area contributed by atoms with Crippen molar-refractivity contribution in [1.29, 1.82) is 0 Å². The van der Waals surface area contributed by atoms with Crippen LogP contribution in [0.3, 0.4) is 0 Å². The molecular weight excluding hydrogens is 283 g/mol. The molecule has 1 unspecified atom stereocenters. The highest BCUT2D eigenvalue weighted by Crippen LogP contribution is 2.01. The zero-order chi connectivity index (χ0) is 12.8. The van der Waals surface area contributed by atoms with Gasteiger partial charge in [0.25, 0.3) is 0 Å². The van der Waals surface area contributed by atoms with E-state index in [-0.39, 0.29) is 0 Å². The molecule has 0 saturated heterocycles. The van der Waals surface area contributed by atoms with E-state index in [0.29, 0.717) is 11.5 Å². The Morgan fingerprint density at radius 1 is 0.889 bits per heavy atom. The molecule has 0 heterocycles. The van der Waals surface area contributed by atoms with Gasteiger partial charge >= 0.3 is 0 Å². The third-order valence-electron chi connectivity index (χ3n) is 2.89. The molecule has 2 aromatic rings. The fraction of sp³-hybridized carbons (Fsp3) is 0.125. The Bertz CT molecular complexity index is 452. The Labute approximate surface area is 118 Å². The van der Waals surface area contributed by atoms with E-state index >= 15 is 0 Å². The van der Waals surface area contributed by atoms with Gasteiger partial charge in [0.15, 0.2) is 0 Å². The van der Waals surface area contributed by atoms with Crippen LogP contribution in [-0.4, -0.2) is 11.5 Å². The monoisotopic (exact) mass is 298 g/mol. The highest BCUT2D eigenvalue weighted by molar-refractivity contribution is 9.09. The zero-order valence-corrected chi connectivity index (χ0v) is 12.0. The van der Waals surface area contributed by atoms with E-state index in [1.807, 2.05) is 0 Å². The molecule has 2 aromatic carbocycles. The van der Waals surface area contributed by atoms with E-state index in [2.05, 4.69) is 95.6 Å². The van der Waals surface area contributed by atoms with Gasteiger partial charge in [-0.15, -0.1) is 5.98 Å². The lowest BCUT2D eigenvalue weighted by atomic mass is 9.40. The molecule has 0 fully saturated rings. The molecule has 2 rings (SSSR count). The lowest BCUT2D eigenvalue weighted by Crippen LogP contribution is -2.40. The Hall–Kier alpha value is -1.28. The number of hydrogen-bond acceptors (Lipinski definition) is 0. The van der Waals surface area contributed by atoms with Gasteiger partial charge in [0.1, 0.15) is 0 Å². The van der Waals surface area contributed by atoms with Crippen molar-refractivity contribution in [3.05, 3.63) is 72.7 Å². The van der Waals surface area contributed by atoms with E-state index < -0.39 is 0 Å². The van der Waals surface area contributed by atoms with Crippen LogP contribution in [-0.2, 0) is 0 Å². The number of benzene rings is 2. The summed E-state index contributed by atoms with van der Waals surface area (Å²) in [5.41, 5.74) is 2.65. The Kier molecular flexibility index (Phi) is 4.83. The van der Waals surface area contributed by atoms with E-state index in [1.54, 1.807) is 0 Å². The van der Waals surface area contributed by atoms with Crippen LogP contribution >= 0.6 is 15.9 Å². The molecule has 0 spiro atoms. The summed E-state index contributed by atoms with van der Waals surface area (Å²) in [6.45, 7) is 2.45. The molecule has 0 saturated carbocycles. The number of rotatable bonds is 4. The second-order valence-electron chi connectivity index (χ2n) is 4.36. The van der Waals surface area contributed by atoms with Crippen molar-refractivity contribution in [2.75, 3.05) is 0 Å². The highest BCUT2D eigenvalue weighted by Gasteiger charge is 2.14. The SMILES string of the molecule is CC(Br)C=CB(c1ccccc1)c1ccccc1. The van der Waals surface area contributed by atoms with Crippen LogP contribution in [0.25, 0.3) is 0 Å². The number of allylic oxidation sites excluding steroid dienone is 1. The number of hydrogen-bond donors (Lipinski definition) is 0. The van der Waals surface area contributed by atoms with E-state index in [1.165, 1.54) is 10.9 Å². The number of alkyl halides is 1. The first-order chi connectivity index (χ1) is 8.77. The van der Waals surface area contributed by atoms with E-state index in [0.717, 1.165) is 0 Å². The summed E-state index contributed by atoms with van der Waals surface area (Å²) in [6, 6.07) is 21.2. The predicted octanol–water partition coefficient (Wildman–Crippen LogP) is 3.17. The van der Waals surface area contributed by atoms with Crippen LogP contribution in [0, 0.1) is 0 Å². The highest BCUT2D eigenvalue weighted by atomic mass is 79.9. The van der Waals surface area contributed by atoms with Crippen LogP contribution in [0.2, 0.25) is 0 Å². The van der Waals surface area contributed by atoms with E-state index in [9.17, 15) is 0 Å². The third kappa shape index (κ3) is 3.61. The fourth-order valence-electron chi connectivity index (χ4n) is 2.00. The van der Waals surface area contributed by atoms with Crippen LogP contribution in [0.15, 0.2) is 72.7 Å². The molecular formula is C16H16BBr. The number of halogens is 1. The topological polar surface area (TPSA) is 0 Å². The van der Waals surface area contributed by atoms with Crippen LogP contribution in [0.5, 0.6) is 0 Å². The minimum Gasteiger partial charge on any atom is -0.108 e. The van der Waals surface area contributed by atoms with Crippen LogP contribution in [0.1, 0.15) is 6.92 Å². The van der Waals surface area contributed by atoms with Gasteiger partial charge in [-0.2, -0.15) is 0 Å². The molecule has 0 aliphatic carbocycles. The molecule has 0 aliphatic rings. The molecule has 90 valence electrons. The third-order valence-corrected chi connectivity index (χ3v) is 3.19. The van der Waals surface area contributed by atoms with Crippen molar-refractivity contribution in [3.63, 3.8) is 0 Å². The molecule has 0 radical (unpaired) electrons. The smallest absolute Gasteiger partial charge is 0.108 e. The van der Waals surface area contributed by atoms with Gasteiger partial charge in [0.05, 0.1) is 0 Å². The van der Waals surface area contributed by atoms with Crippen molar-refractivity contribution < 1.29 is 0 Å². The van der Waals surface area contributed by atoms with Gasteiger partial charge < -0.3 is 0 Å². The second kappa shape index (κ2) is 6.60. The summed E-state index contributed by atoms with van der Waals surface area (Å²) in [5.74, 6) is 2.27.